The summed E-state index contributed by atoms with van der Waals surface area (Å²) in [7, 11) is 0. The van der Waals surface area contributed by atoms with Gasteiger partial charge in [0.15, 0.2) is 0 Å². The first kappa shape index (κ1) is 12.5. The van der Waals surface area contributed by atoms with Crippen LogP contribution in [-0.2, 0) is 4.74 Å². The van der Waals surface area contributed by atoms with Gasteiger partial charge in [-0.2, -0.15) is 5.10 Å². The number of halogens is 1. The molecule has 0 saturated heterocycles. The zero-order chi connectivity index (χ0) is 12.0. The van der Waals surface area contributed by atoms with Crippen LogP contribution in [0.3, 0.4) is 0 Å². The number of nitrogens with zero attached hydrogens (tertiary/aromatic N) is 1. The maximum atomic E-state index is 11.0. The predicted molar refractivity (Wildman–Crippen MR) is 63.8 cm³/mol. The summed E-state index contributed by atoms with van der Waals surface area (Å²) in [6, 6.07) is 7.27. The molecule has 0 aromatic heterocycles. The quantitative estimate of drug-likeness (QED) is 0.652. The molecule has 1 aromatic rings. The third-order valence-corrected chi connectivity index (χ3v) is 2.18. The highest BCUT2D eigenvalue weighted by Crippen LogP contribution is 2.15. The van der Waals surface area contributed by atoms with Crippen molar-refractivity contribution in [3.05, 3.63) is 34.9 Å². The summed E-state index contributed by atoms with van der Waals surface area (Å²) in [6.45, 7) is 3.80. The van der Waals surface area contributed by atoms with Crippen LogP contribution in [0.15, 0.2) is 29.4 Å². The van der Waals surface area contributed by atoms with Crippen LogP contribution in [0.5, 0.6) is 0 Å². The van der Waals surface area contributed by atoms with Crippen molar-refractivity contribution in [2.45, 2.75) is 13.8 Å². The molecule has 4 nitrogen and oxygen atoms in total. The number of nitrogens with one attached hydrogen (secondary N) is 1. The van der Waals surface area contributed by atoms with Crippen LogP contribution in [0, 0.1) is 0 Å². The van der Waals surface area contributed by atoms with Gasteiger partial charge in [-0.25, -0.2) is 10.2 Å². The van der Waals surface area contributed by atoms with Crippen molar-refractivity contribution >= 4 is 23.4 Å². The topological polar surface area (TPSA) is 50.7 Å². The number of hydrogen-bond acceptors (Lipinski definition) is 3. The van der Waals surface area contributed by atoms with Crippen LogP contribution in [0.25, 0.3) is 0 Å². The van der Waals surface area contributed by atoms with Crippen LogP contribution in [0.1, 0.15) is 19.4 Å². The molecule has 0 atom stereocenters. The lowest BCUT2D eigenvalue weighted by Gasteiger charge is -2.04. The van der Waals surface area contributed by atoms with Crippen molar-refractivity contribution in [1.29, 1.82) is 0 Å². The number of carbonyl (C=O) groups excluding carboxylic acids is 1. The standard InChI is InChI=1S/C11H13ClN2O2/c1-3-16-11(15)14-13-8(2)9-6-4-5-7-10(9)12/h4-7H,3H2,1-2H3,(H,14,15). The molecule has 1 rings (SSSR count). The van der Waals surface area contributed by atoms with E-state index < -0.39 is 6.09 Å². The molecule has 0 spiro atoms. The van der Waals surface area contributed by atoms with Crippen molar-refractivity contribution in [2.24, 2.45) is 5.10 Å². The first-order valence-electron chi connectivity index (χ1n) is 4.87. The van der Waals surface area contributed by atoms with E-state index in [1.54, 1.807) is 19.9 Å². The minimum Gasteiger partial charge on any atom is -0.449 e. The SMILES string of the molecule is CCOC(=O)NN=C(C)c1ccccc1Cl. The Bertz CT molecular complexity index is 405. The largest absolute Gasteiger partial charge is 0.449 e. The Balaban J connectivity index is 2.71. The fraction of sp³-hybridized carbons (Fsp3) is 0.273. The van der Waals surface area contributed by atoms with Crippen LogP contribution in [-0.4, -0.2) is 18.4 Å². The van der Waals surface area contributed by atoms with Crippen molar-refractivity contribution < 1.29 is 9.53 Å². The molecule has 0 heterocycles. The van der Waals surface area contributed by atoms with Crippen LogP contribution >= 0.6 is 11.6 Å². The van der Waals surface area contributed by atoms with Gasteiger partial charge in [-0.05, 0) is 19.9 Å². The lowest BCUT2D eigenvalue weighted by molar-refractivity contribution is 0.152. The molecular formula is C11H13ClN2O2. The second-order valence-corrected chi connectivity index (χ2v) is 3.42. The van der Waals surface area contributed by atoms with Gasteiger partial charge in [0.1, 0.15) is 0 Å². The molecule has 5 heteroatoms. The van der Waals surface area contributed by atoms with Crippen LogP contribution in [0.2, 0.25) is 5.02 Å². The average Bonchev–Trinajstić information content (AvgIpc) is 2.27. The summed E-state index contributed by atoms with van der Waals surface area (Å²) in [6.07, 6.45) is -0.575. The minimum atomic E-state index is -0.575. The molecule has 1 amide bonds. The van der Waals surface area contributed by atoms with Crippen LogP contribution < -0.4 is 5.43 Å². The fourth-order valence-electron chi connectivity index (χ4n) is 1.11. The van der Waals surface area contributed by atoms with Gasteiger partial charge in [-0.15, -0.1) is 0 Å². The van der Waals surface area contributed by atoms with E-state index in [9.17, 15) is 4.79 Å². The first-order valence-corrected chi connectivity index (χ1v) is 5.25. The molecule has 1 N–H and O–H groups in total. The Morgan fingerprint density at radius 3 is 2.81 bits per heavy atom. The van der Waals surface area contributed by atoms with Gasteiger partial charge in [0.2, 0.25) is 0 Å². The molecular weight excluding hydrogens is 228 g/mol. The minimum absolute atomic E-state index is 0.312. The molecule has 0 bridgehead atoms. The molecule has 1 aromatic carbocycles. The van der Waals surface area contributed by atoms with Gasteiger partial charge >= 0.3 is 6.09 Å². The Labute approximate surface area is 99.2 Å². The Kier molecular flexibility index (Phi) is 4.79. The second-order valence-electron chi connectivity index (χ2n) is 3.01. The van der Waals surface area contributed by atoms with E-state index in [4.69, 9.17) is 11.6 Å². The van der Waals surface area contributed by atoms with E-state index in [2.05, 4.69) is 15.3 Å². The van der Waals surface area contributed by atoms with Gasteiger partial charge in [0.25, 0.3) is 0 Å². The summed E-state index contributed by atoms with van der Waals surface area (Å²) < 4.78 is 4.67. The summed E-state index contributed by atoms with van der Waals surface area (Å²) in [4.78, 5) is 11.0. The molecule has 0 aliphatic heterocycles. The Hall–Kier alpha value is -1.55. The normalized spacial score (nSPS) is 11.1. The summed E-state index contributed by atoms with van der Waals surface area (Å²) in [5.74, 6) is 0. The maximum Gasteiger partial charge on any atom is 0.427 e. The molecule has 0 saturated carbocycles. The molecule has 0 radical (unpaired) electrons. The maximum absolute atomic E-state index is 11.0. The number of ether oxygens (including phenoxy) is 1. The Morgan fingerprint density at radius 2 is 2.19 bits per heavy atom. The number of hydrazone groups is 1. The number of hydrogen-bond donors (Lipinski definition) is 1. The highest BCUT2D eigenvalue weighted by molar-refractivity contribution is 6.34. The van der Waals surface area contributed by atoms with Gasteiger partial charge in [-0.1, -0.05) is 29.8 Å². The zero-order valence-corrected chi connectivity index (χ0v) is 9.91. The number of carbonyl (C=O) groups is 1. The van der Waals surface area contributed by atoms with Crippen molar-refractivity contribution in [2.75, 3.05) is 6.61 Å². The third-order valence-electron chi connectivity index (χ3n) is 1.85. The first-order chi connectivity index (χ1) is 7.65. The van der Waals surface area contributed by atoms with E-state index in [1.165, 1.54) is 0 Å². The lowest BCUT2D eigenvalue weighted by atomic mass is 10.1. The lowest BCUT2D eigenvalue weighted by Crippen LogP contribution is -2.20. The van der Waals surface area contributed by atoms with E-state index in [0.29, 0.717) is 17.3 Å². The van der Waals surface area contributed by atoms with Crippen LogP contribution in [0.4, 0.5) is 4.79 Å². The van der Waals surface area contributed by atoms with Gasteiger partial charge < -0.3 is 4.74 Å². The van der Waals surface area contributed by atoms with E-state index in [1.807, 2.05) is 18.2 Å². The predicted octanol–water partition coefficient (Wildman–Crippen LogP) is 2.81. The van der Waals surface area contributed by atoms with E-state index in [0.717, 1.165) is 5.56 Å². The van der Waals surface area contributed by atoms with E-state index >= 15 is 0 Å². The van der Waals surface area contributed by atoms with Crippen molar-refractivity contribution in [3.63, 3.8) is 0 Å². The Morgan fingerprint density at radius 1 is 1.50 bits per heavy atom. The number of rotatable bonds is 3. The highest BCUT2D eigenvalue weighted by Gasteiger charge is 2.03. The second kappa shape index (κ2) is 6.12. The summed E-state index contributed by atoms with van der Waals surface area (Å²) in [5, 5.41) is 4.47. The third kappa shape index (κ3) is 3.55. The smallest absolute Gasteiger partial charge is 0.427 e. The van der Waals surface area contributed by atoms with Crippen molar-refractivity contribution in [3.8, 4) is 0 Å². The molecule has 0 aliphatic carbocycles. The van der Waals surface area contributed by atoms with Gasteiger partial charge in [0.05, 0.1) is 12.3 Å². The monoisotopic (exact) mass is 240 g/mol. The van der Waals surface area contributed by atoms with Gasteiger partial charge in [0, 0.05) is 10.6 Å². The molecule has 16 heavy (non-hydrogen) atoms. The molecule has 86 valence electrons. The molecule has 0 unspecified atom stereocenters. The highest BCUT2D eigenvalue weighted by atomic mass is 35.5. The molecule has 0 fully saturated rings. The molecule has 0 aliphatic rings. The average molecular weight is 241 g/mol. The number of benzene rings is 1. The van der Waals surface area contributed by atoms with Crippen molar-refractivity contribution in [1.82, 2.24) is 5.43 Å². The van der Waals surface area contributed by atoms with E-state index in [-0.39, 0.29) is 0 Å². The fourth-order valence-corrected chi connectivity index (χ4v) is 1.38. The summed E-state index contributed by atoms with van der Waals surface area (Å²) in [5.41, 5.74) is 3.68. The zero-order valence-electron chi connectivity index (χ0n) is 9.16. The van der Waals surface area contributed by atoms with Gasteiger partial charge in [-0.3, -0.25) is 0 Å². The summed E-state index contributed by atoms with van der Waals surface area (Å²) >= 11 is 5.97. The number of amides is 1.